The Balaban J connectivity index is 2.99. The van der Waals surface area contributed by atoms with E-state index in [1.165, 1.54) is 14.0 Å². The summed E-state index contributed by atoms with van der Waals surface area (Å²) in [5.74, 6) is -2.79. The second-order valence-electron chi connectivity index (χ2n) is 3.84. The molecule has 7 heteroatoms. The molecule has 0 aromatic heterocycles. The SMILES string of the molecule is COCC(C)OC(=O)c1cccc(C(F)(F)F)c1F. The summed E-state index contributed by atoms with van der Waals surface area (Å²) < 4.78 is 60.4. The molecule has 19 heavy (non-hydrogen) atoms. The molecule has 0 aliphatic heterocycles. The number of methoxy groups -OCH3 is 1. The molecular formula is C12H12F4O3. The van der Waals surface area contributed by atoms with Crippen LogP contribution in [0.2, 0.25) is 0 Å². The zero-order valence-electron chi connectivity index (χ0n) is 10.3. The Morgan fingerprint density at radius 1 is 1.37 bits per heavy atom. The quantitative estimate of drug-likeness (QED) is 0.628. The standard InChI is InChI=1S/C12H12F4O3/c1-7(6-18-2)19-11(17)8-4-3-5-9(10(8)13)12(14,15)16/h3-5,7H,6H2,1-2H3. The molecule has 0 bridgehead atoms. The van der Waals surface area contributed by atoms with Crippen LogP contribution in [-0.4, -0.2) is 25.8 Å². The van der Waals surface area contributed by atoms with Crippen molar-refractivity contribution in [3.05, 3.63) is 35.1 Å². The van der Waals surface area contributed by atoms with Gasteiger partial charge in [0, 0.05) is 7.11 Å². The molecular weight excluding hydrogens is 268 g/mol. The predicted octanol–water partition coefficient (Wildman–Crippen LogP) is 3.04. The van der Waals surface area contributed by atoms with E-state index >= 15 is 0 Å². The van der Waals surface area contributed by atoms with Crippen LogP contribution in [0.25, 0.3) is 0 Å². The summed E-state index contributed by atoms with van der Waals surface area (Å²) in [6.45, 7) is 1.54. The van der Waals surface area contributed by atoms with Crippen LogP contribution < -0.4 is 0 Å². The summed E-state index contributed by atoms with van der Waals surface area (Å²) >= 11 is 0. The molecule has 0 saturated carbocycles. The first kappa shape index (κ1) is 15.4. The largest absolute Gasteiger partial charge is 0.457 e. The number of carbonyl (C=O) groups is 1. The molecule has 0 N–H and O–H groups in total. The summed E-state index contributed by atoms with van der Waals surface area (Å²) in [6, 6.07) is 2.45. The molecule has 0 fully saturated rings. The molecule has 1 aromatic rings. The number of esters is 1. The first-order chi connectivity index (χ1) is 8.77. The molecule has 0 spiro atoms. The highest BCUT2D eigenvalue weighted by atomic mass is 19.4. The van der Waals surface area contributed by atoms with Crippen molar-refractivity contribution < 1.29 is 31.8 Å². The van der Waals surface area contributed by atoms with Crippen LogP contribution >= 0.6 is 0 Å². The molecule has 0 saturated heterocycles. The van der Waals surface area contributed by atoms with E-state index in [2.05, 4.69) is 0 Å². The topological polar surface area (TPSA) is 35.5 Å². The van der Waals surface area contributed by atoms with E-state index in [-0.39, 0.29) is 6.61 Å². The van der Waals surface area contributed by atoms with Crippen molar-refractivity contribution in [2.75, 3.05) is 13.7 Å². The van der Waals surface area contributed by atoms with Crippen LogP contribution in [0, 0.1) is 5.82 Å². The molecule has 1 aromatic carbocycles. The third-order valence-electron chi connectivity index (χ3n) is 2.23. The number of alkyl halides is 3. The van der Waals surface area contributed by atoms with Crippen LogP contribution in [0.5, 0.6) is 0 Å². The third kappa shape index (κ3) is 3.92. The lowest BCUT2D eigenvalue weighted by Gasteiger charge is -2.14. The average molecular weight is 280 g/mol. The van der Waals surface area contributed by atoms with Gasteiger partial charge in [0.05, 0.1) is 17.7 Å². The second-order valence-corrected chi connectivity index (χ2v) is 3.84. The molecule has 1 atom stereocenters. The Hall–Kier alpha value is -1.63. The molecule has 1 unspecified atom stereocenters. The van der Waals surface area contributed by atoms with Crippen molar-refractivity contribution in [1.29, 1.82) is 0 Å². The van der Waals surface area contributed by atoms with Crippen molar-refractivity contribution >= 4 is 5.97 Å². The van der Waals surface area contributed by atoms with Crippen LogP contribution in [-0.2, 0) is 15.7 Å². The van der Waals surface area contributed by atoms with Gasteiger partial charge in [-0.25, -0.2) is 9.18 Å². The number of hydrogen-bond acceptors (Lipinski definition) is 3. The maximum atomic E-state index is 13.6. The van der Waals surface area contributed by atoms with Gasteiger partial charge in [0.1, 0.15) is 11.9 Å². The minimum atomic E-state index is -4.86. The van der Waals surface area contributed by atoms with Crippen LogP contribution in [0.1, 0.15) is 22.8 Å². The van der Waals surface area contributed by atoms with Crippen molar-refractivity contribution in [3.63, 3.8) is 0 Å². The van der Waals surface area contributed by atoms with E-state index in [9.17, 15) is 22.4 Å². The van der Waals surface area contributed by atoms with E-state index in [1.54, 1.807) is 0 Å². The monoisotopic (exact) mass is 280 g/mol. The van der Waals surface area contributed by atoms with E-state index in [4.69, 9.17) is 9.47 Å². The van der Waals surface area contributed by atoms with Gasteiger partial charge in [-0.2, -0.15) is 13.2 Å². The lowest BCUT2D eigenvalue weighted by molar-refractivity contribution is -0.140. The smallest absolute Gasteiger partial charge is 0.419 e. The highest BCUT2D eigenvalue weighted by molar-refractivity contribution is 5.90. The summed E-state index contributed by atoms with van der Waals surface area (Å²) in [6.07, 6.45) is -5.55. The second kappa shape index (κ2) is 6.01. The number of carbonyl (C=O) groups excluding carboxylic acids is 1. The fraction of sp³-hybridized carbons (Fsp3) is 0.417. The Morgan fingerprint density at radius 2 is 2.00 bits per heavy atom. The predicted molar refractivity (Wildman–Crippen MR) is 58.2 cm³/mol. The lowest BCUT2D eigenvalue weighted by atomic mass is 10.1. The summed E-state index contributed by atoms with van der Waals surface area (Å²) in [4.78, 5) is 11.5. The van der Waals surface area contributed by atoms with Gasteiger partial charge in [-0.1, -0.05) is 6.07 Å². The zero-order valence-corrected chi connectivity index (χ0v) is 10.3. The molecule has 1 rings (SSSR count). The van der Waals surface area contributed by atoms with Crippen LogP contribution in [0.3, 0.4) is 0 Å². The van der Waals surface area contributed by atoms with E-state index in [0.717, 1.165) is 12.1 Å². The highest BCUT2D eigenvalue weighted by Crippen LogP contribution is 2.32. The van der Waals surface area contributed by atoms with Crippen molar-refractivity contribution in [3.8, 4) is 0 Å². The molecule has 3 nitrogen and oxygen atoms in total. The van der Waals surface area contributed by atoms with Crippen LogP contribution in [0.4, 0.5) is 17.6 Å². The minimum Gasteiger partial charge on any atom is -0.457 e. The molecule has 0 amide bonds. The number of rotatable bonds is 4. The first-order valence-corrected chi connectivity index (χ1v) is 5.33. The van der Waals surface area contributed by atoms with Gasteiger partial charge in [-0.15, -0.1) is 0 Å². The Morgan fingerprint density at radius 3 is 2.53 bits per heavy atom. The number of benzene rings is 1. The van der Waals surface area contributed by atoms with Gasteiger partial charge in [0.2, 0.25) is 0 Å². The molecule has 106 valence electrons. The first-order valence-electron chi connectivity index (χ1n) is 5.33. The Bertz CT molecular complexity index is 457. The maximum Gasteiger partial charge on any atom is 0.419 e. The normalized spacial score (nSPS) is 13.2. The van der Waals surface area contributed by atoms with Crippen molar-refractivity contribution in [1.82, 2.24) is 0 Å². The van der Waals surface area contributed by atoms with E-state index in [0.29, 0.717) is 6.07 Å². The lowest BCUT2D eigenvalue weighted by Crippen LogP contribution is -2.21. The molecule has 0 aliphatic rings. The fourth-order valence-electron chi connectivity index (χ4n) is 1.42. The van der Waals surface area contributed by atoms with Crippen molar-refractivity contribution in [2.45, 2.75) is 19.2 Å². The van der Waals surface area contributed by atoms with Gasteiger partial charge >= 0.3 is 12.1 Å². The van der Waals surface area contributed by atoms with E-state index in [1.807, 2.05) is 0 Å². The summed E-state index contributed by atoms with van der Waals surface area (Å²) in [7, 11) is 1.37. The number of hydrogen-bond donors (Lipinski definition) is 0. The van der Waals surface area contributed by atoms with Gasteiger partial charge in [-0.3, -0.25) is 0 Å². The van der Waals surface area contributed by atoms with Gasteiger partial charge in [-0.05, 0) is 19.1 Å². The summed E-state index contributed by atoms with van der Waals surface area (Å²) in [5.41, 5.74) is -2.25. The Kier molecular flexibility index (Phi) is 4.88. The van der Waals surface area contributed by atoms with Gasteiger partial charge in [0.25, 0.3) is 0 Å². The van der Waals surface area contributed by atoms with Crippen LogP contribution in [0.15, 0.2) is 18.2 Å². The van der Waals surface area contributed by atoms with E-state index < -0.39 is 35.2 Å². The third-order valence-corrected chi connectivity index (χ3v) is 2.23. The maximum absolute atomic E-state index is 13.6. The number of ether oxygens (including phenoxy) is 2. The molecule has 0 heterocycles. The zero-order chi connectivity index (χ0) is 14.6. The summed E-state index contributed by atoms with van der Waals surface area (Å²) in [5, 5.41) is 0. The van der Waals surface area contributed by atoms with Gasteiger partial charge < -0.3 is 9.47 Å². The molecule has 0 radical (unpaired) electrons. The number of halogens is 4. The van der Waals surface area contributed by atoms with Crippen molar-refractivity contribution in [2.24, 2.45) is 0 Å². The average Bonchev–Trinajstić information content (AvgIpc) is 2.27. The molecule has 0 aliphatic carbocycles. The fourth-order valence-corrected chi connectivity index (χ4v) is 1.42. The van der Waals surface area contributed by atoms with Gasteiger partial charge in [0.15, 0.2) is 0 Å². The minimum absolute atomic E-state index is 0.0618. The highest BCUT2D eigenvalue weighted by Gasteiger charge is 2.36. The Labute approximate surface area is 107 Å².